The maximum Gasteiger partial charge on any atom is 0.309 e. The van der Waals surface area contributed by atoms with Gasteiger partial charge in [-0.3, -0.25) is 4.79 Å². The number of hydrogen-bond acceptors (Lipinski definition) is 4. The molecule has 1 N–H and O–H groups in total. The van der Waals surface area contributed by atoms with E-state index in [4.69, 9.17) is 9.47 Å². The van der Waals surface area contributed by atoms with E-state index in [0.29, 0.717) is 0 Å². The molecule has 0 fully saturated rings. The van der Waals surface area contributed by atoms with Gasteiger partial charge in [0.05, 0.1) is 20.1 Å². The van der Waals surface area contributed by atoms with Crippen molar-refractivity contribution >= 4 is 5.97 Å². The second-order valence-corrected chi connectivity index (χ2v) is 4.73. The van der Waals surface area contributed by atoms with Crippen molar-refractivity contribution in [1.82, 2.24) is 5.32 Å². The van der Waals surface area contributed by atoms with E-state index in [9.17, 15) is 4.79 Å². The highest BCUT2D eigenvalue weighted by Gasteiger charge is 2.23. The average molecular weight is 265 g/mol. The molecule has 0 bridgehead atoms. The summed E-state index contributed by atoms with van der Waals surface area (Å²) in [5, 5.41) is 3.40. The number of esters is 1. The number of benzene rings is 1. The molecule has 0 aromatic heterocycles. The molecule has 0 heterocycles. The Hall–Kier alpha value is -1.55. The number of para-hydroxylation sites is 1. The lowest BCUT2D eigenvalue weighted by atomic mass is 10.0. The molecule has 0 radical (unpaired) electrons. The van der Waals surface area contributed by atoms with Crippen LogP contribution in [0, 0.1) is 5.92 Å². The number of methoxy groups -OCH3 is 2. The summed E-state index contributed by atoms with van der Waals surface area (Å²) in [4.78, 5) is 11.5. The highest BCUT2D eigenvalue weighted by atomic mass is 16.5. The van der Waals surface area contributed by atoms with Crippen LogP contribution < -0.4 is 10.1 Å². The van der Waals surface area contributed by atoms with Gasteiger partial charge in [0.1, 0.15) is 5.75 Å². The first-order valence-corrected chi connectivity index (χ1v) is 6.48. The molecule has 19 heavy (non-hydrogen) atoms. The predicted octanol–water partition coefficient (Wildman–Crippen LogP) is 2.54. The van der Waals surface area contributed by atoms with E-state index in [0.717, 1.165) is 11.3 Å². The molecule has 2 unspecified atom stereocenters. The largest absolute Gasteiger partial charge is 0.496 e. The van der Waals surface area contributed by atoms with Crippen LogP contribution in [0.15, 0.2) is 24.3 Å². The zero-order chi connectivity index (χ0) is 14.4. The molecule has 106 valence electrons. The van der Waals surface area contributed by atoms with Crippen LogP contribution in [0.5, 0.6) is 5.75 Å². The molecule has 0 saturated heterocycles. The van der Waals surface area contributed by atoms with Gasteiger partial charge in [0.25, 0.3) is 0 Å². The molecule has 0 aliphatic rings. The van der Waals surface area contributed by atoms with Crippen molar-refractivity contribution in [3.05, 3.63) is 29.8 Å². The van der Waals surface area contributed by atoms with Crippen LogP contribution in [0.4, 0.5) is 0 Å². The van der Waals surface area contributed by atoms with Crippen molar-refractivity contribution < 1.29 is 14.3 Å². The van der Waals surface area contributed by atoms with Gasteiger partial charge < -0.3 is 14.8 Å². The second kappa shape index (κ2) is 7.14. The van der Waals surface area contributed by atoms with Crippen molar-refractivity contribution in [2.45, 2.75) is 32.9 Å². The van der Waals surface area contributed by atoms with Gasteiger partial charge in [-0.15, -0.1) is 0 Å². The molecule has 4 heteroatoms. The fourth-order valence-corrected chi connectivity index (χ4v) is 2.04. The van der Waals surface area contributed by atoms with Gasteiger partial charge in [-0.1, -0.05) is 25.1 Å². The summed E-state index contributed by atoms with van der Waals surface area (Å²) in [6.45, 7) is 5.89. The zero-order valence-corrected chi connectivity index (χ0v) is 12.3. The Balaban J connectivity index is 2.73. The molecule has 0 amide bonds. The van der Waals surface area contributed by atoms with Gasteiger partial charge in [-0.25, -0.2) is 0 Å². The first-order chi connectivity index (χ1) is 9.01. The first-order valence-electron chi connectivity index (χ1n) is 6.48. The summed E-state index contributed by atoms with van der Waals surface area (Å²) in [6, 6.07) is 7.99. The minimum absolute atomic E-state index is 0.0207. The summed E-state index contributed by atoms with van der Waals surface area (Å²) in [7, 11) is 3.07. The van der Waals surface area contributed by atoms with Crippen LogP contribution in [0.2, 0.25) is 0 Å². The zero-order valence-electron chi connectivity index (χ0n) is 12.3. The average Bonchev–Trinajstić information content (AvgIpc) is 2.45. The van der Waals surface area contributed by atoms with Gasteiger partial charge in [-0.05, 0) is 19.9 Å². The predicted molar refractivity (Wildman–Crippen MR) is 75.2 cm³/mol. The summed E-state index contributed by atoms with van der Waals surface area (Å²) in [6.07, 6.45) is 0. The fraction of sp³-hybridized carbons (Fsp3) is 0.533. The van der Waals surface area contributed by atoms with Crippen molar-refractivity contribution in [1.29, 1.82) is 0 Å². The molecule has 0 aliphatic heterocycles. The van der Waals surface area contributed by atoms with Crippen LogP contribution in [0.3, 0.4) is 0 Å². The molecule has 1 rings (SSSR count). The van der Waals surface area contributed by atoms with E-state index in [1.165, 1.54) is 7.11 Å². The summed E-state index contributed by atoms with van der Waals surface area (Å²) in [5.74, 6) is 0.454. The van der Waals surface area contributed by atoms with Crippen molar-refractivity contribution in [3.63, 3.8) is 0 Å². The molecule has 4 nitrogen and oxygen atoms in total. The van der Waals surface area contributed by atoms with Crippen molar-refractivity contribution in [3.8, 4) is 5.75 Å². The van der Waals surface area contributed by atoms with Crippen LogP contribution in [-0.4, -0.2) is 26.2 Å². The van der Waals surface area contributed by atoms with E-state index in [-0.39, 0.29) is 24.0 Å². The highest BCUT2D eigenvalue weighted by Crippen LogP contribution is 2.25. The van der Waals surface area contributed by atoms with Gasteiger partial charge in [0, 0.05) is 17.6 Å². The van der Waals surface area contributed by atoms with E-state index in [1.54, 1.807) is 7.11 Å². The number of rotatable bonds is 6. The second-order valence-electron chi connectivity index (χ2n) is 4.73. The molecule has 0 aliphatic carbocycles. The van der Waals surface area contributed by atoms with Crippen LogP contribution >= 0.6 is 0 Å². The lowest BCUT2D eigenvalue weighted by molar-refractivity contribution is -0.145. The lowest BCUT2D eigenvalue weighted by Gasteiger charge is -2.25. The van der Waals surface area contributed by atoms with Crippen LogP contribution in [0.25, 0.3) is 0 Å². The standard InChI is InChI=1S/C15H23NO3/c1-10(15(17)19-5)11(2)16-12(3)13-8-6-7-9-14(13)18-4/h6-12,16H,1-5H3/t10?,11?,12-/m1/s1. The third kappa shape index (κ3) is 3.96. The SMILES string of the molecule is COC(=O)C(C)C(C)N[C@H](C)c1ccccc1OC. The Morgan fingerprint density at radius 3 is 2.37 bits per heavy atom. The molecule has 1 aromatic carbocycles. The fourth-order valence-electron chi connectivity index (χ4n) is 2.04. The maximum absolute atomic E-state index is 11.5. The number of hydrogen-bond donors (Lipinski definition) is 1. The first kappa shape index (κ1) is 15.5. The third-order valence-corrected chi connectivity index (χ3v) is 3.44. The van der Waals surface area contributed by atoms with Crippen molar-refractivity contribution in [2.75, 3.05) is 14.2 Å². The number of nitrogens with one attached hydrogen (secondary N) is 1. The van der Waals surface area contributed by atoms with Crippen LogP contribution in [0.1, 0.15) is 32.4 Å². The smallest absolute Gasteiger partial charge is 0.309 e. The molecule has 0 spiro atoms. The van der Waals surface area contributed by atoms with Crippen molar-refractivity contribution in [2.24, 2.45) is 5.92 Å². The topological polar surface area (TPSA) is 47.6 Å². The van der Waals surface area contributed by atoms with Crippen LogP contribution in [-0.2, 0) is 9.53 Å². The van der Waals surface area contributed by atoms with Gasteiger partial charge in [-0.2, -0.15) is 0 Å². The van der Waals surface area contributed by atoms with E-state index >= 15 is 0 Å². The molecule has 3 atom stereocenters. The Labute approximate surface area is 115 Å². The molecule has 1 aromatic rings. The van der Waals surface area contributed by atoms with Gasteiger partial charge in [0.2, 0.25) is 0 Å². The van der Waals surface area contributed by atoms with E-state index < -0.39 is 0 Å². The minimum atomic E-state index is -0.202. The number of carbonyl (C=O) groups excluding carboxylic acids is 1. The summed E-state index contributed by atoms with van der Waals surface area (Å²) >= 11 is 0. The Kier molecular flexibility index (Phi) is 5.83. The van der Waals surface area contributed by atoms with Gasteiger partial charge >= 0.3 is 5.97 Å². The number of carbonyl (C=O) groups is 1. The summed E-state index contributed by atoms with van der Waals surface area (Å²) < 4.78 is 10.1. The molecular formula is C15H23NO3. The summed E-state index contributed by atoms with van der Waals surface area (Å²) in [5.41, 5.74) is 1.08. The minimum Gasteiger partial charge on any atom is -0.496 e. The van der Waals surface area contributed by atoms with Gasteiger partial charge in [0.15, 0.2) is 0 Å². The molecular weight excluding hydrogens is 242 g/mol. The molecule has 0 saturated carbocycles. The Morgan fingerprint density at radius 2 is 1.79 bits per heavy atom. The number of ether oxygens (including phenoxy) is 2. The highest BCUT2D eigenvalue weighted by molar-refractivity contribution is 5.72. The Bertz CT molecular complexity index is 420. The van der Waals surface area contributed by atoms with E-state index in [2.05, 4.69) is 12.2 Å². The quantitative estimate of drug-likeness (QED) is 0.803. The van der Waals surface area contributed by atoms with E-state index in [1.807, 2.05) is 38.1 Å². The third-order valence-electron chi connectivity index (χ3n) is 3.44. The normalized spacial score (nSPS) is 15.4. The monoisotopic (exact) mass is 265 g/mol. The Morgan fingerprint density at radius 1 is 1.16 bits per heavy atom. The lowest BCUT2D eigenvalue weighted by Crippen LogP contribution is -2.38. The maximum atomic E-state index is 11.5.